The van der Waals surface area contributed by atoms with Crippen molar-refractivity contribution in [2.75, 3.05) is 19.8 Å². The van der Waals surface area contributed by atoms with Crippen molar-refractivity contribution >= 4 is 34.5 Å². The number of aliphatic hydroxyl groups is 1. The number of hydrogen-bond donors (Lipinski definition) is 4. The molecule has 1 atom stereocenters. The number of hydrazone groups is 1. The number of ether oxygens (including phenoxy) is 1. The number of amides is 1. The summed E-state index contributed by atoms with van der Waals surface area (Å²) in [6.45, 7) is 0.980. The lowest BCUT2D eigenvalue weighted by Crippen LogP contribution is -2.28. The van der Waals surface area contributed by atoms with E-state index in [9.17, 15) is 15.0 Å². The van der Waals surface area contributed by atoms with Crippen LogP contribution in [-0.4, -0.2) is 42.1 Å². The van der Waals surface area contributed by atoms with Crippen LogP contribution < -0.4 is 15.5 Å². The van der Waals surface area contributed by atoms with Gasteiger partial charge < -0.3 is 20.3 Å². The summed E-state index contributed by atoms with van der Waals surface area (Å²) in [5.74, 6) is 0.194. The normalized spacial score (nSPS) is 12.1. The van der Waals surface area contributed by atoms with Gasteiger partial charge in [-0.1, -0.05) is 66.2 Å². The molecule has 0 aliphatic heterocycles. The minimum Gasteiger partial charge on any atom is -0.506 e. The Labute approximate surface area is 214 Å². The Bertz CT molecular complexity index is 1360. The molecule has 8 heteroatoms. The summed E-state index contributed by atoms with van der Waals surface area (Å²) in [4.78, 5) is 12.3. The molecule has 4 N–H and O–H groups in total. The third kappa shape index (κ3) is 6.20. The topological polar surface area (TPSA) is 103 Å². The summed E-state index contributed by atoms with van der Waals surface area (Å²) in [5, 5.41) is 28.5. The Kier molecular flexibility index (Phi) is 8.52. The number of fused-ring (bicyclic) bond motifs is 1. The standard InChI is InChI=1S/C28H26ClN3O4/c29-24-16-20(10-12-26(24)34)28(35)32-31-17-21-11-13-27(23-9-5-4-8-22(21)23)36-15-14-30-25(18-33)19-6-2-1-3-7-19/h1-13,16-17,25,30,33-34H,14-15,18H2,(H,32,35). The van der Waals surface area contributed by atoms with Gasteiger partial charge in [-0.25, -0.2) is 5.43 Å². The summed E-state index contributed by atoms with van der Waals surface area (Å²) in [5.41, 5.74) is 4.59. The second kappa shape index (κ2) is 12.2. The first kappa shape index (κ1) is 25.2. The molecular weight excluding hydrogens is 478 g/mol. The number of carbonyl (C=O) groups is 1. The lowest BCUT2D eigenvalue weighted by atomic mass is 10.0. The number of aliphatic hydroxyl groups excluding tert-OH is 1. The molecule has 0 bridgehead atoms. The van der Waals surface area contributed by atoms with Crippen LogP contribution in [0.5, 0.6) is 11.5 Å². The molecule has 0 radical (unpaired) electrons. The van der Waals surface area contributed by atoms with Crippen molar-refractivity contribution in [1.82, 2.24) is 10.7 Å². The van der Waals surface area contributed by atoms with E-state index in [0.717, 1.165) is 27.6 Å². The Morgan fingerprint density at radius 2 is 1.75 bits per heavy atom. The van der Waals surface area contributed by atoms with E-state index in [1.165, 1.54) is 18.2 Å². The van der Waals surface area contributed by atoms with Gasteiger partial charge in [-0.3, -0.25) is 4.79 Å². The first-order chi connectivity index (χ1) is 17.6. The summed E-state index contributed by atoms with van der Waals surface area (Å²) in [6, 6.07) is 25.4. The van der Waals surface area contributed by atoms with E-state index < -0.39 is 5.91 Å². The highest BCUT2D eigenvalue weighted by atomic mass is 35.5. The van der Waals surface area contributed by atoms with Crippen LogP contribution in [-0.2, 0) is 0 Å². The molecule has 0 saturated carbocycles. The smallest absolute Gasteiger partial charge is 0.271 e. The molecule has 1 amide bonds. The molecule has 4 aromatic rings. The summed E-state index contributed by atoms with van der Waals surface area (Å²) in [6.07, 6.45) is 1.57. The van der Waals surface area contributed by atoms with Crippen LogP contribution >= 0.6 is 11.6 Å². The number of benzene rings is 4. The van der Waals surface area contributed by atoms with Gasteiger partial charge in [0.25, 0.3) is 5.91 Å². The van der Waals surface area contributed by atoms with Crippen molar-refractivity contribution in [1.29, 1.82) is 0 Å². The van der Waals surface area contributed by atoms with E-state index >= 15 is 0 Å². The molecule has 184 valence electrons. The third-order valence-corrected chi connectivity index (χ3v) is 5.94. The Morgan fingerprint density at radius 3 is 2.50 bits per heavy atom. The van der Waals surface area contributed by atoms with Crippen LogP contribution in [0.3, 0.4) is 0 Å². The zero-order valence-electron chi connectivity index (χ0n) is 19.4. The van der Waals surface area contributed by atoms with Gasteiger partial charge in [0.1, 0.15) is 18.1 Å². The molecule has 4 aromatic carbocycles. The fourth-order valence-electron chi connectivity index (χ4n) is 3.77. The van der Waals surface area contributed by atoms with Crippen LogP contribution in [0, 0.1) is 0 Å². The SMILES string of the molecule is O=C(NN=Cc1ccc(OCCNC(CO)c2ccccc2)c2ccccc12)c1ccc(O)c(Cl)c1. The van der Waals surface area contributed by atoms with Crippen molar-refractivity contribution < 1.29 is 19.7 Å². The zero-order valence-corrected chi connectivity index (χ0v) is 20.2. The van der Waals surface area contributed by atoms with Gasteiger partial charge >= 0.3 is 0 Å². The highest BCUT2D eigenvalue weighted by Gasteiger charge is 2.10. The van der Waals surface area contributed by atoms with Crippen LogP contribution in [0.4, 0.5) is 0 Å². The molecule has 1 unspecified atom stereocenters. The Morgan fingerprint density at radius 1 is 1.00 bits per heavy atom. The van der Waals surface area contributed by atoms with E-state index in [-0.39, 0.29) is 29.0 Å². The van der Waals surface area contributed by atoms with Crippen LogP contribution in [0.2, 0.25) is 5.02 Å². The monoisotopic (exact) mass is 503 g/mol. The van der Waals surface area contributed by atoms with E-state index in [1.54, 1.807) is 6.21 Å². The van der Waals surface area contributed by atoms with E-state index in [1.807, 2.05) is 66.7 Å². The molecule has 0 aliphatic carbocycles. The maximum atomic E-state index is 12.3. The molecule has 4 rings (SSSR count). The van der Waals surface area contributed by atoms with Gasteiger partial charge in [0.15, 0.2) is 0 Å². The van der Waals surface area contributed by atoms with E-state index in [2.05, 4.69) is 15.8 Å². The van der Waals surface area contributed by atoms with Gasteiger partial charge in [0.05, 0.1) is 23.9 Å². The van der Waals surface area contributed by atoms with E-state index in [4.69, 9.17) is 16.3 Å². The number of rotatable bonds is 10. The van der Waals surface area contributed by atoms with Crippen molar-refractivity contribution in [2.45, 2.75) is 6.04 Å². The number of halogens is 1. The molecule has 0 aromatic heterocycles. The summed E-state index contributed by atoms with van der Waals surface area (Å²) >= 11 is 5.87. The molecule has 36 heavy (non-hydrogen) atoms. The molecule has 0 fully saturated rings. The predicted octanol–water partition coefficient (Wildman–Crippen LogP) is 4.66. The van der Waals surface area contributed by atoms with Crippen LogP contribution in [0.25, 0.3) is 10.8 Å². The van der Waals surface area contributed by atoms with Gasteiger partial charge in [-0.2, -0.15) is 5.10 Å². The number of phenols is 1. The largest absolute Gasteiger partial charge is 0.506 e. The molecular formula is C28H26ClN3O4. The first-order valence-corrected chi connectivity index (χ1v) is 11.8. The minimum atomic E-state index is -0.443. The quantitative estimate of drug-likeness (QED) is 0.143. The molecule has 0 saturated heterocycles. The second-order valence-electron chi connectivity index (χ2n) is 8.01. The lowest BCUT2D eigenvalue weighted by Gasteiger charge is -2.17. The number of nitrogens with zero attached hydrogens (tertiary/aromatic N) is 1. The number of nitrogens with one attached hydrogen (secondary N) is 2. The number of aromatic hydroxyl groups is 1. The fourth-order valence-corrected chi connectivity index (χ4v) is 3.95. The zero-order chi connectivity index (χ0) is 25.3. The summed E-state index contributed by atoms with van der Waals surface area (Å²) < 4.78 is 6.04. The third-order valence-electron chi connectivity index (χ3n) is 5.63. The Hall–Kier alpha value is -3.91. The highest BCUT2D eigenvalue weighted by Crippen LogP contribution is 2.28. The fraction of sp³-hybridized carbons (Fsp3) is 0.143. The molecule has 0 spiro atoms. The number of carbonyl (C=O) groups excluding carboxylic acids is 1. The number of phenolic OH excluding ortho intramolecular Hbond substituents is 1. The van der Waals surface area contributed by atoms with Crippen molar-refractivity contribution in [3.8, 4) is 11.5 Å². The van der Waals surface area contributed by atoms with Gasteiger partial charge in [0, 0.05) is 23.1 Å². The average Bonchev–Trinajstić information content (AvgIpc) is 2.91. The summed E-state index contributed by atoms with van der Waals surface area (Å²) in [7, 11) is 0. The Balaban J connectivity index is 1.39. The lowest BCUT2D eigenvalue weighted by molar-refractivity contribution is 0.0955. The van der Waals surface area contributed by atoms with E-state index in [0.29, 0.717) is 13.2 Å². The molecule has 0 heterocycles. The van der Waals surface area contributed by atoms with Gasteiger partial charge in [-0.15, -0.1) is 0 Å². The highest BCUT2D eigenvalue weighted by molar-refractivity contribution is 6.32. The van der Waals surface area contributed by atoms with Crippen LogP contribution in [0.1, 0.15) is 27.5 Å². The van der Waals surface area contributed by atoms with Crippen molar-refractivity contribution in [3.63, 3.8) is 0 Å². The number of hydrogen-bond acceptors (Lipinski definition) is 6. The molecule has 0 aliphatic rings. The maximum Gasteiger partial charge on any atom is 0.271 e. The van der Waals surface area contributed by atoms with Crippen molar-refractivity contribution in [2.24, 2.45) is 5.10 Å². The van der Waals surface area contributed by atoms with Gasteiger partial charge in [-0.05, 0) is 41.3 Å². The maximum absolute atomic E-state index is 12.3. The van der Waals surface area contributed by atoms with Gasteiger partial charge in [0.2, 0.25) is 0 Å². The van der Waals surface area contributed by atoms with Crippen molar-refractivity contribution in [3.05, 3.63) is 107 Å². The first-order valence-electron chi connectivity index (χ1n) is 11.4. The predicted molar refractivity (Wildman–Crippen MR) is 142 cm³/mol. The minimum absolute atomic E-state index is 0.00268. The van der Waals surface area contributed by atoms with Crippen LogP contribution in [0.15, 0.2) is 90.0 Å². The second-order valence-corrected chi connectivity index (χ2v) is 8.42. The average molecular weight is 504 g/mol. The molecule has 7 nitrogen and oxygen atoms in total.